The highest BCUT2D eigenvalue weighted by molar-refractivity contribution is 5.75. The average molecular weight is 478 g/mol. The minimum atomic E-state index is -0.450. The molecular formula is C24H27N7O4. The first-order chi connectivity index (χ1) is 16.9. The molecule has 11 nitrogen and oxygen atoms in total. The number of hydrogen-bond acceptors (Lipinski definition) is 6. The molecule has 5 rings (SSSR count). The molecule has 1 fully saturated rings. The number of aromatic nitrogens is 4. The number of rotatable bonds is 4. The maximum atomic E-state index is 13.2. The lowest BCUT2D eigenvalue weighted by atomic mass is 9.98. The smallest absolute Gasteiger partial charge is 0.327 e. The molecule has 0 aromatic carbocycles. The molecular weight excluding hydrogens is 450 g/mol. The van der Waals surface area contributed by atoms with E-state index in [9.17, 15) is 19.7 Å². The van der Waals surface area contributed by atoms with Gasteiger partial charge < -0.3 is 10.2 Å². The molecule has 2 atom stereocenters. The maximum absolute atomic E-state index is 13.2. The van der Waals surface area contributed by atoms with Gasteiger partial charge in [0.1, 0.15) is 6.20 Å². The second-order valence-electron chi connectivity index (χ2n) is 9.16. The van der Waals surface area contributed by atoms with Crippen LogP contribution in [0, 0.1) is 16.0 Å². The van der Waals surface area contributed by atoms with E-state index in [1.165, 1.54) is 6.20 Å². The molecule has 0 unspecified atom stereocenters. The Morgan fingerprint density at radius 2 is 2.06 bits per heavy atom. The number of nitro groups is 1. The second kappa shape index (κ2) is 9.32. The molecule has 0 bridgehead atoms. The summed E-state index contributed by atoms with van der Waals surface area (Å²) in [6.45, 7) is 4.91. The first-order valence-corrected chi connectivity index (χ1v) is 11.8. The number of nitrogens with one attached hydrogen (secondary N) is 2. The summed E-state index contributed by atoms with van der Waals surface area (Å²) >= 11 is 0. The second-order valence-corrected chi connectivity index (χ2v) is 9.16. The fraction of sp³-hybridized carbons (Fsp3) is 0.417. The standard InChI is InChI=1S/C24H27N7O4/c1-2-15-5-6-19(21-16(12-15)13-18(14-26-21)31(34)35)27-23(32)29-10-7-17(8-11-29)30-20-4-3-9-25-22(20)28-24(30)33/h2-4,9,13-15,17,19H,1,5-8,10-12H2,(H,27,32)(H,25,28,33)/t15-,19-/m1/s1. The van der Waals surface area contributed by atoms with Crippen molar-refractivity contribution in [2.24, 2.45) is 5.92 Å². The molecule has 1 aliphatic heterocycles. The first kappa shape index (κ1) is 22.8. The Labute approximate surface area is 201 Å². The van der Waals surface area contributed by atoms with Gasteiger partial charge in [-0.3, -0.25) is 24.6 Å². The highest BCUT2D eigenvalue weighted by atomic mass is 16.6. The van der Waals surface area contributed by atoms with Crippen LogP contribution in [0.15, 0.2) is 48.0 Å². The van der Waals surface area contributed by atoms with Gasteiger partial charge >= 0.3 is 11.7 Å². The van der Waals surface area contributed by atoms with Gasteiger partial charge in [0.15, 0.2) is 5.65 Å². The van der Waals surface area contributed by atoms with Crippen LogP contribution in [-0.4, -0.2) is 48.5 Å². The summed E-state index contributed by atoms with van der Waals surface area (Å²) in [5.41, 5.74) is 2.55. The molecule has 2 aliphatic rings. The zero-order valence-electron chi connectivity index (χ0n) is 19.2. The summed E-state index contributed by atoms with van der Waals surface area (Å²) in [5.74, 6) is 0.166. The van der Waals surface area contributed by atoms with Gasteiger partial charge in [-0.15, -0.1) is 6.58 Å². The molecule has 11 heteroatoms. The fourth-order valence-electron chi connectivity index (χ4n) is 5.22. The molecule has 1 aliphatic carbocycles. The molecule has 2 N–H and O–H groups in total. The van der Waals surface area contributed by atoms with Crippen molar-refractivity contribution in [2.45, 2.75) is 44.2 Å². The Morgan fingerprint density at radius 3 is 2.80 bits per heavy atom. The molecule has 3 aromatic heterocycles. The van der Waals surface area contributed by atoms with Crippen LogP contribution in [-0.2, 0) is 6.42 Å². The zero-order valence-corrected chi connectivity index (χ0v) is 19.2. The van der Waals surface area contributed by atoms with Gasteiger partial charge in [-0.2, -0.15) is 0 Å². The van der Waals surface area contributed by atoms with E-state index in [1.807, 2.05) is 12.1 Å². The van der Waals surface area contributed by atoms with Crippen LogP contribution in [0.25, 0.3) is 11.2 Å². The quantitative estimate of drug-likeness (QED) is 0.256. The highest BCUT2D eigenvalue weighted by Gasteiger charge is 2.30. The summed E-state index contributed by atoms with van der Waals surface area (Å²) in [5, 5.41) is 14.3. The number of aromatic amines is 1. The Balaban J connectivity index is 1.29. The number of allylic oxidation sites excluding steroid dienone is 1. The number of carbonyl (C=O) groups is 1. The van der Waals surface area contributed by atoms with Crippen molar-refractivity contribution in [1.29, 1.82) is 0 Å². The van der Waals surface area contributed by atoms with Crippen molar-refractivity contribution in [2.75, 3.05) is 13.1 Å². The molecule has 3 aromatic rings. The van der Waals surface area contributed by atoms with E-state index in [-0.39, 0.29) is 35.4 Å². The van der Waals surface area contributed by atoms with E-state index in [0.717, 1.165) is 17.5 Å². The van der Waals surface area contributed by atoms with E-state index in [1.54, 1.807) is 27.8 Å². The van der Waals surface area contributed by atoms with Crippen molar-refractivity contribution >= 4 is 22.9 Å². The SMILES string of the molecule is C=C[C@@H]1CC[C@@H](NC(=O)N2CCC(n3c(=O)[nH]c4ncccc43)CC2)c2ncc([N+](=O)[O-])cc2C1. The summed E-state index contributed by atoms with van der Waals surface area (Å²) in [6, 6.07) is 4.70. The Kier molecular flexibility index (Phi) is 6.06. The van der Waals surface area contributed by atoms with Crippen LogP contribution in [0.5, 0.6) is 0 Å². The van der Waals surface area contributed by atoms with Gasteiger partial charge in [-0.1, -0.05) is 6.08 Å². The van der Waals surface area contributed by atoms with Crippen molar-refractivity contribution in [3.8, 4) is 0 Å². The lowest BCUT2D eigenvalue weighted by Gasteiger charge is -2.33. The van der Waals surface area contributed by atoms with Gasteiger partial charge in [0.25, 0.3) is 5.69 Å². The minimum absolute atomic E-state index is 0.0151. The normalized spacial score (nSPS) is 20.7. The number of nitrogens with zero attached hydrogens (tertiary/aromatic N) is 5. The van der Waals surface area contributed by atoms with Crippen molar-refractivity contribution in [1.82, 2.24) is 29.7 Å². The number of H-pyrrole nitrogens is 1. The van der Waals surface area contributed by atoms with Crippen molar-refractivity contribution in [3.05, 3.63) is 75.1 Å². The molecule has 4 heterocycles. The van der Waals surface area contributed by atoms with E-state index in [2.05, 4.69) is 26.8 Å². The monoisotopic (exact) mass is 477 g/mol. The summed E-state index contributed by atoms with van der Waals surface area (Å²) < 4.78 is 1.74. The minimum Gasteiger partial charge on any atom is -0.330 e. The molecule has 0 spiro atoms. The van der Waals surface area contributed by atoms with Crippen LogP contribution >= 0.6 is 0 Å². The van der Waals surface area contributed by atoms with E-state index in [0.29, 0.717) is 50.1 Å². The predicted molar refractivity (Wildman–Crippen MR) is 129 cm³/mol. The van der Waals surface area contributed by atoms with Gasteiger partial charge in [0.2, 0.25) is 0 Å². The van der Waals surface area contributed by atoms with Gasteiger partial charge in [-0.25, -0.2) is 14.6 Å². The number of urea groups is 1. The summed E-state index contributed by atoms with van der Waals surface area (Å²) in [4.78, 5) is 49.6. The molecule has 2 amide bonds. The summed E-state index contributed by atoms with van der Waals surface area (Å²) in [6.07, 6.45) is 8.15. The highest BCUT2D eigenvalue weighted by Crippen LogP contribution is 2.33. The van der Waals surface area contributed by atoms with Crippen LogP contribution < -0.4 is 11.0 Å². The predicted octanol–water partition coefficient (Wildman–Crippen LogP) is 3.25. The molecule has 182 valence electrons. The largest absolute Gasteiger partial charge is 0.330 e. The maximum Gasteiger partial charge on any atom is 0.327 e. The first-order valence-electron chi connectivity index (χ1n) is 11.8. The topological polar surface area (TPSA) is 139 Å². The Hall–Kier alpha value is -4.02. The third-order valence-electron chi connectivity index (χ3n) is 7.07. The van der Waals surface area contributed by atoms with Crippen molar-refractivity contribution < 1.29 is 9.72 Å². The third-order valence-corrected chi connectivity index (χ3v) is 7.07. The van der Waals surface area contributed by atoms with Crippen molar-refractivity contribution in [3.63, 3.8) is 0 Å². The Bertz CT molecular complexity index is 1340. The van der Waals surface area contributed by atoms with Gasteiger partial charge in [-0.05, 0) is 55.7 Å². The molecule has 35 heavy (non-hydrogen) atoms. The van der Waals surface area contributed by atoms with Crippen LogP contribution in [0.1, 0.15) is 49.0 Å². The van der Waals surface area contributed by atoms with Crippen LogP contribution in [0.2, 0.25) is 0 Å². The van der Waals surface area contributed by atoms with E-state index < -0.39 is 4.92 Å². The number of likely N-dealkylation sites (tertiary alicyclic amines) is 1. The van der Waals surface area contributed by atoms with Gasteiger partial charge in [0.05, 0.1) is 22.2 Å². The molecule has 0 saturated carbocycles. The average Bonchev–Trinajstić information content (AvgIpc) is 3.10. The number of carbonyl (C=O) groups excluding carboxylic acids is 1. The summed E-state index contributed by atoms with van der Waals surface area (Å²) in [7, 11) is 0. The lowest BCUT2D eigenvalue weighted by Crippen LogP contribution is -2.46. The fourth-order valence-corrected chi connectivity index (χ4v) is 5.22. The van der Waals surface area contributed by atoms with E-state index >= 15 is 0 Å². The Morgan fingerprint density at radius 1 is 1.26 bits per heavy atom. The molecule has 0 radical (unpaired) electrons. The zero-order chi connectivity index (χ0) is 24.5. The lowest BCUT2D eigenvalue weighted by molar-refractivity contribution is -0.385. The number of fused-ring (bicyclic) bond motifs is 2. The number of piperidine rings is 1. The van der Waals surface area contributed by atoms with Crippen LogP contribution in [0.3, 0.4) is 0 Å². The molecule has 1 saturated heterocycles. The third kappa shape index (κ3) is 4.41. The number of amides is 2. The number of hydrogen-bond donors (Lipinski definition) is 2. The number of pyridine rings is 2. The number of imidazole rings is 1. The van der Waals surface area contributed by atoms with Crippen LogP contribution in [0.4, 0.5) is 10.5 Å². The van der Waals surface area contributed by atoms with Gasteiger partial charge in [0, 0.05) is 31.4 Å². The van der Waals surface area contributed by atoms with E-state index in [4.69, 9.17) is 0 Å².